The highest BCUT2D eigenvalue weighted by molar-refractivity contribution is 6.02. The molecular formula is C17H11FN4O3. The molecule has 2 aromatic heterocycles. The number of benzene rings is 2. The lowest BCUT2D eigenvalue weighted by atomic mass is 10.2. The molecule has 0 saturated heterocycles. The minimum atomic E-state index is -0.765. The zero-order valence-electron chi connectivity index (χ0n) is 12.7. The number of rotatable bonds is 2. The van der Waals surface area contributed by atoms with Crippen molar-refractivity contribution in [2.24, 2.45) is 0 Å². The van der Waals surface area contributed by atoms with Crippen LogP contribution in [0, 0.1) is 5.82 Å². The highest BCUT2D eigenvalue weighted by Crippen LogP contribution is 2.16. The maximum absolute atomic E-state index is 13.2. The van der Waals surface area contributed by atoms with Crippen molar-refractivity contribution in [2.75, 3.05) is 5.43 Å². The minimum absolute atomic E-state index is 0.0973. The Kier molecular flexibility index (Phi) is 3.24. The van der Waals surface area contributed by atoms with Gasteiger partial charge in [-0.2, -0.15) is 4.68 Å². The molecule has 124 valence electrons. The Morgan fingerprint density at radius 2 is 1.80 bits per heavy atom. The zero-order valence-corrected chi connectivity index (χ0v) is 12.7. The van der Waals surface area contributed by atoms with Crippen LogP contribution in [0.25, 0.3) is 21.8 Å². The summed E-state index contributed by atoms with van der Waals surface area (Å²) >= 11 is 0. The van der Waals surface area contributed by atoms with Crippen molar-refractivity contribution >= 4 is 27.7 Å². The van der Waals surface area contributed by atoms with Crippen LogP contribution in [0.3, 0.4) is 0 Å². The van der Waals surface area contributed by atoms with Gasteiger partial charge in [-0.25, -0.2) is 9.18 Å². The van der Waals surface area contributed by atoms with Gasteiger partial charge in [-0.05, 0) is 36.4 Å². The third-order valence-electron chi connectivity index (χ3n) is 3.85. The molecule has 2 heterocycles. The Bertz CT molecular complexity index is 1250. The first kappa shape index (κ1) is 14.9. The summed E-state index contributed by atoms with van der Waals surface area (Å²) in [6, 6.07) is 11.9. The Hall–Kier alpha value is -3.68. The van der Waals surface area contributed by atoms with Crippen molar-refractivity contribution in [1.29, 1.82) is 0 Å². The largest absolute Gasteiger partial charge is 0.350 e. The van der Waals surface area contributed by atoms with Crippen LogP contribution in [0.4, 0.5) is 4.39 Å². The summed E-state index contributed by atoms with van der Waals surface area (Å²) in [5.74, 6) is -1.12. The monoisotopic (exact) mass is 338 g/mol. The molecule has 7 nitrogen and oxygen atoms in total. The van der Waals surface area contributed by atoms with Gasteiger partial charge in [0.25, 0.3) is 11.5 Å². The quantitative estimate of drug-likeness (QED) is 0.518. The van der Waals surface area contributed by atoms with Crippen molar-refractivity contribution in [3.8, 4) is 0 Å². The molecule has 25 heavy (non-hydrogen) atoms. The van der Waals surface area contributed by atoms with E-state index in [9.17, 15) is 18.8 Å². The molecule has 1 amide bonds. The van der Waals surface area contributed by atoms with Gasteiger partial charge < -0.3 is 9.97 Å². The summed E-state index contributed by atoms with van der Waals surface area (Å²) < 4.78 is 13.9. The molecule has 0 fully saturated rings. The number of halogens is 1. The number of amides is 1. The molecule has 2 aromatic carbocycles. The summed E-state index contributed by atoms with van der Waals surface area (Å²) in [6.45, 7) is 0. The molecule has 0 aliphatic heterocycles. The van der Waals surface area contributed by atoms with Gasteiger partial charge in [0.2, 0.25) is 0 Å². The minimum Gasteiger partial charge on any atom is -0.350 e. The summed E-state index contributed by atoms with van der Waals surface area (Å²) in [5, 5.41) is 0.769. The van der Waals surface area contributed by atoms with Gasteiger partial charge in [0.1, 0.15) is 11.5 Å². The molecule has 3 N–H and O–H groups in total. The van der Waals surface area contributed by atoms with Gasteiger partial charge in [0.15, 0.2) is 0 Å². The summed E-state index contributed by atoms with van der Waals surface area (Å²) in [6.07, 6.45) is 0. The number of carbonyl (C=O) groups is 1. The van der Waals surface area contributed by atoms with Crippen molar-refractivity contribution in [3.05, 3.63) is 80.9 Å². The first-order valence-electron chi connectivity index (χ1n) is 7.36. The number of H-pyrrole nitrogens is 2. The fourth-order valence-corrected chi connectivity index (χ4v) is 2.65. The molecule has 0 saturated carbocycles. The van der Waals surface area contributed by atoms with E-state index in [0.717, 1.165) is 0 Å². The molecule has 0 atom stereocenters. The van der Waals surface area contributed by atoms with E-state index >= 15 is 0 Å². The lowest BCUT2D eigenvalue weighted by Gasteiger charge is -2.07. The van der Waals surface area contributed by atoms with Crippen molar-refractivity contribution in [2.45, 2.75) is 0 Å². The number of aromatic nitrogens is 3. The molecule has 0 aliphatic carbocycles. The molecule has 4 aromatic rings. The number of nitrogens with one attached hydrogen (secondary N) is 3. The number of hydrogen-bond donors (Lipinski definition) is 3. The fraction of sp³-hybridized carbons (Fsp3) is 0. The number of nitrogens with zero attached hydrogens (tertiary/aromatic N) is 1. The molecule has 0 aliphatic rings. The van der Waals surface area contributed by atoms with Crippen LogP contribution in [-0.4, -0.2) is 20.6 Å². The van der Waals surface area contributed by atoms with E-state index in [1.165, 1.54) is 24.3 Å². The molecule has 0 radical (unpaired) electrons. The number of fused-ring (bicyclic) bond motifs is 2. The van der Waals surface area contributed by atoms with Gasteiger partial charge >= 0.3 is 5.69 Å². The maximum Gasteiger partial charge on any atom is 0.348 e. The Labute approximate surface area is 138 Å². The first-order valence-corrected chi connectivity index (χ1v) is 7.36. The van der Waals surface area contributed by atoms with Crippen LogP contribution in [0.5, 0.6) is 0 Å². The summed E-state index contributed by atoms with van der Waals surface area (Å²) in [4.78, 5) is 42.2. The smallest absolute Gasteiger partial charge is 0.348 e. The average Bonchev–Trinajstić information content (AvgIpc) is 3.01. The van der Waals surface area contributed by atoms with Crippen LogP contribution in [0.1, 0.15) is 10.5 Å². The molecule has 0 spiro atoms. The van der Waals surface area contributed by atoms with E-state index in [1.807, 2.05) is 0 Å². The Morgan fingerprint density at radius 3 is 2.64 bits per heavy atom. The predicted octanol–water partition coefficient (Wildman–Crippen LogP) is 1.69. The van der Waals surface area contributed by atoms with Crippen molar-refractivity contribution in [1.82, 2.24) is 14.6 Å². The lowest BCUT2D eigenvalue weighted by Crippen LogP contribution is -2.43. The topological polar surface area (TPSA) is 99.8 Å². The van der Waals surface area contributed by atoms with E-state index in [0.29, 0.717) is 21.1 Å². The van der Waals surface area contributed by atoms with E-state index < -0.39 is 23.0 Å². The van der Waals surface area contributed by atoms with Gasteiger partial charge in [0.05, 0.1) is 10.9 Å². The maximum atomic E-state index is 13.2. The second-order valence-corrected chi connectivity index (χ2v) is 5.47. The first-order chi connectivity index (χ1) is 12.0. The molecular weight excluding hydrogens is 327 g/mol. The number of aromatic amines is 2. The number of para-hydroxylation sites is 1. The standard InChI is InChI=1S/C17H11FN4O3/c18-10-5-6-12-9(7-10)8-14(19-12)15(23)21-22-16(24)11-3-1-2-4-13(11)20-17(22)25/h1-8,19H,(H,20,25)(H,21,23). The second-order valence-electron chi connectivity index (χ2n) is 5.47. The molecule has 4 rings (SSSR count). The van der Waals surface area contributed by atoms with Crippen molar-refractivity contribution in [3.63, 3.8) is 0 Å². The average molecular weight is 338 g/mol. The third kappa shape index (κ3) is 2.49. The van der Waals surface area contributed by atoms with Gasteiger partial charge in [-0.3, -0.25) is 15.0 Å². The highest BCUT2D eigenvalue weighted by Gasteiger charge is 2.14. The van der Waals surface area contributed by atoms with Crippen LogP contribution in [0.15, 0.2) is 58.1 Å². The fourth-order valence-electron chi connectivity index (χ4n) is 2.65. The van der Waals surface area contributed by atoms with Crippen LogP contribution in [0.2, 0.25) is 0 Å². The lowest BCUT2D eigenvalue weighted by molar-refractivity contribution is 0.100. The summed E-state index contributed by atoms with van der Waals surface area (Å²) in [7, 11) is 0. The van der Waals surface area contributed by atoms with E-state index in [-0.39, 0.29) is 11.1 Å². The van der Waals surface area contributed by atoms with Crippen LogP contribution in [-0.2, 0) is 0 Å². The second kappa shape index (κ2) is 5.45. The molecule has 0 unspecified atom stereocenters. The predicted molar refractivity (Wildman–Crippen MR) is 90.8 cm³/mol. The number of carbonyl (C=O) groups excluding carboxylic acids is 1. The van der Waals surface area contributed by atoms with Crippen molar-refractivity contribution < 1.29 is 9.18 Å². The summed E-state index contributed by atoms with van der Waals surface area (Å²) in [5.41, 5.74) is 1.89. The highest BCUT2D eigenvalue weighted by atomic mass is 19.1. The number of hydrogen-bond acceptors (Lipinski definition) is 3. The normalized spacial score (nSPS) is 11.1. The van der Waals surface area contributed by atoms with E-state index in [1.54, 1.807) is 24.3 Å². The Balaban J connectivity index is 1.76. The SMILES string of the molecule is O=C(Nn1c(=O)[nH]c2ccccc2c1=O)c1cc2cc(F)ccc2[nH]1. The molecule has 8 heteroatoms. The molecule has 0 bridgehead atoms. The third-order valence-corrected chi connectivity index (χ3v) is 3.85. The van der Waals surface area contributed by atoms with Gasteiger partial charge in [0, 0.05) is 10.9 Å². The van der Waals surface area contributed by atoms with E-state index in [4.69, 9.17) is 0 Å². The Morgan fingerprint density at radius 1 is 1.00 bits per heavy atom. The van der Waals surface area contributed by atoms with Crippen LogP contribution < -0.4 is 16.7 Å². The van der Waals surface area contributed by atoms with Crippen LogP contribution >= 0.6 is 0 Å². The van der Waals surface area contributed by atoms with Gasteiger partial charge in [-0.1, -0.05) is 12.1 Å². The zero-order chi connectivity index (χ0) is 17.6. The van der Waals surface area contributed by atoms with E-state index in [2.05, 4.69) is 15.4 Å². The van der Waals surface area contributed by atoms with Gasteiger partial charge in [-0.15, -0.1) is 0 Å².